The number of nitrogens with one attached hydrogen (secondary N) is 2. The molecule has 1 fully saturated rings. The SMILES string of the molecule is CN=C(NCC1(N(C)C)CCOCC1)NC(C)c1ccccc1.I. The Morgan fingerprint density at radius 3 is 2.42 bits per heavy atom. The second-order valence-electron chi connectivity index (χ2n) is 6.43. The summed E-state index contributed by atoms with van der Waals surface area (Å²) in [7, 11) is 6.12. The molecule has 5 nitrogen and oxygen atoms in total. The zero-order valence-electron chi connectivity index (χ0n) is 15.2. The van der Waals surface area contributed by atoms with E-state index in [0.717, 1.165) is 38.6 Å². The molecule has 136 valence electrons. The van der Waals surface area contributed by atoms with E-state index in [0.29, 0.717) is 0 Å². The van der Waals surface area contributed by atoms with Crippen molar-refractivity contribution >= 4 is 29.9 Å². The van der Waals surface area contributed by atoms with E-state index in [1.54, 1.807) is 0 Å². The van der Waals surface area contributed by atoms with Gasteiger partial charge < -0.3 is 20.3 Å². The molecule has 1 unspecified atom stereocenters. The van der Waals surface area contributed by atoms with Crippen LogP contribution in [0.4, 0.5) is 0 Å². The van der Waals surface area contributed by atoms with Crippen LogP contribution in [0.1, 0.15) is 31.4 Å². The first-order valence-electron chi connectivity index (χ1n) is 8.35. The Kier molecular flexibility index (Phi) is 9.01. The van der Waals surface area contributed by atoms with Gasteiger partial charge >= 0.3 is 0 Å². The average Bonchev–Trinajstić information content (AvgIpc) is 2.59. The number of halogens is 1. The smallest absolute Gasteiger partial charge is 0.191 e. The van der Waals surface area contributed by atoms with Crippen LogP contribution in [0.5, 0.6) is 0 Å². The molecule has 0 bridgehead atoms. The normalized spacial score (nSPS) is 18.6. The van der Waals surface area contributed by atoms with Gasteiger partial charge in [0.15, 0.2) is 5.96 Å². The fourth-order valence-corrected chi connectivity index (χ4v) is 3.01. The first-order valence-corrected chi connectivity index (χ1v) is 8.35. The summed E-state index contributed by atoms with van der Waals surface area (Å²) in [6.45, 7) is 4.67. The highest BCUT2D eigenvalue weighted by Gasteiger charge is 2.34. The molecular weight excluding hydrogens is 415 g/mol. The third-order valence-corrected chi connectivity index (χ3v) is 4.83. The Balaban J connectivity index is 0.00000288. The fraction of sp³-hybridized carbons (Fsp3) is 0.611. The summed E-state index contributed by atoms with van der Waals surface area (Å²) < 4.78 is 5.53. The van der Waals surface area contributed by atoms with Crippen molar-refractivity contribution in [2.45, 2.75) is 31.3 Å². The van der Waals surface area contributed by atoms with Crippen molar-refractivity contribution in [1.29, 1.82) is 0 Å². The van der Waals surface area contributed by atoms with Crippen LogP contribution in [0, 0.1) is 0 Å². The van der Waals surface area contributed by atoms with Crippen molar-refractivity contribution in [2.24, 2.45) is 4.99 Å². The summed E-state index contributed by atoms with van der Waals surface area (Å²) in [5, 5.41) is 6.97. The second kappa shape index (κ2) is 10.2. The number of hydrogen-bond acceptors (Lipinski definition) is 3. The van der Waals surface area contributed by atoms with Gasteiger partial charge in [0, 0.05) is 32.3 Å². The predicted molar refractivity (Wildman–Crippen MR) is 111 cm³/mol. The van der Waals surface area contributed by atoms with E-state index in [-0.39, 0.29) is 35.6 Å². The number of benzene rings is 1. The van der Waals surface area contributed by atoms with Crippen LogP contribution in [-0.2, 0) is 4.74 Å². The van der Waals surface area contributed by atoms with Crippen molar-refractivity contribution in [3.05, 3.63) is 35.9 Å². The molecular formula is C18H31IN4O. The van der Waals surface area contributed by atoms with Crippen LogP contribution >= 0.6 is 24.0 Å². The molecule has 1 aromatic rings. The van der Waals surface area contributed by atoms with Gasteiger partial charge in [-0.2, -0.15) is 0 Å². The molecule has 0 spiro atoms. The minimum atomic E-state index is 0. The number of likely N-dealkylation sites (N-methyl/N-ethyl adjacent to an activating group) is 1. The molecule has 0 saturated carbocycles. The van der Waals surface area contributed by atoms with Crippen LogP contribution in [0.2, 0.25) is 0 Å². The molecule has 1 aliphatic heterocycles. The van der Waals surface area contributed by atoms with E-state index in [4.69, 9.17) is 4.74 Å². The third kappa shape index (κ3) is 5.60. The number of rotatable bonds is 5. The topological polar surface area (TPSA) is 48.9 Å². The zero-order chi connectivity index (χ0) is 16.7. The van der Waals surface area contributed by atoms with Gasteiger partial charge in [0.2, 0.25) is 0 Å². The first-order chi connectivity index (χ1) is 11.1. The third-order valence-electron chi connectivity index (χ3n) is 4.83. The molecule has 0 aliphatic carbocycles. The molecule has 2 rings (SSSR count). The highest BCUT2D eigenvalue weighted by Crippen LogP contribution is 2.25. The molecule has 1 saturated heterocycles. The molecule has 2 N–H and O–H groups in total. The van der Waals surface area contributed by atoms with Gasteiger partial charge in [0.25, 0.3) is 0 Å². The van der Waals surface area contributed by atoms with Gasteiger partial charge in [-0.05, 0) is 39.4 Å². The van der Waals surface area contributed by atoms with Crippen LogP contribution in [0.3, 0.4) is 0 Å². The molecule has 1 aromatic carbocycles. The molecule has 0 aromatic heterocycles. The van der Waals surface area contributed by atoms with E-state index >= 15 is 0 Å². The monoisotopic (exact) mass is 446 g/mol. The first kappa shape index (κ1) is 21.2. The Bertz CT molecular complexity index is 501. The molecule has 0 amide bonds. The summed E-state index contributed by atoms with van der Waals surface area (Å²) in [5.41, 5.74) is 1.38. The number of aliphatic imine (C=N–C) groups is 1. The van der Waals surface area contributed by atoms with Gasteiger partial charge in [0.1, 0.15) is 0 Å². The standard InChI is InChI=1S/C18H30N4O.HI/c1-15(16-8-6-5-7-9-16)21-17(19-2)20-14-18(22(3)4)10-12-23-13-11-18;/h5-9,15H,10-14H2,1-4H3,(H2,19,20,21);1H. The summed E-state index contributed by atoms with van der Waals surface area (Å²) in [6.07, 6.45) is 2.08. The second-order valence-corrected chi connectivity index (χ2v) is 6.43. The molecule has 1 aliphatic rings. The van der Waals surface area contributed by atoms with Crippen LogP contribution < -0.4 is 10.6 Å². The van der Waals surface area contributed by atoms with Crippen LogP contribution in [0.15, 0.2) is 35.3 Å². The van der Waals surface area contributed by atoms with Crippen LogP contribution in [0.25, 0.3) is 0 Å². The Hall–Kier alpha value is -0.860. The molecule has 24 heavy (non-hydrogen) atoms. The maximum Gasteiger partial charge on any atom is 0.191 e. The highest BCUT2D eigenvalue weighted by molar-refractivity contribution is 14.0. The highest BCUT2D eigenvalue weighted by atomic mass is 127. The summed E-state index contributed by atoms with van der Waals surface area (Å²) in [6, 6.07) is 10.6. The molecule has 1 atom stereocenters. The van der Waals surface area contributed by atoms with E-state index < -0.39 is 0 Å². The minimum absolute atomic E-state index is 0. The maximum atomic E-state index is 5.53. The fourth-order valence-electron chi connectivity index (χ4n) is 3.01. The Morgan fingerprint density at radius 2 is 1.88 bits per heavy atom. The van der Waals surface area contributed by atoms with Crippen molar-refractivity contribution in [3.63, 3.8) is 0 Å². The summed E-state index contributed by atoms with van der Waals surface area (Å²) in [4.78, 5) is 6.69. The lowest BCUT2D eigenvalue weighted by atomic mass is 9.88. The lowest BCUT2D eigenvalue weighted by molar-refractivity contribution is -0.00502. The quantitative estimate of drug-likeness (QED) is 0.415. The molecule has 6 heteroatoms. The number of nitrogens with zero attached hydrogens (tertiary/aromatic N) is 2. The maximum absolute atomic E-state index is 5.53. The van der Waals surface area contributed by atoms with Crippen LogP contribution in [-0.4, -0.2) is 57.3 Å². The molecule has 0 radical (unpaired) electrons. The number of ether oxygens (including phenoxy) is 1. The van der Waals surface area contributed by atoms with E-state index in [9.17, 15) is 0 Å². The van der Waals surface area contributed by atoms with Crippen molar-refractivity contribution in [3.8, 4) is 0 Å². The Morgan fingerprint density at radius 1 is 1.25 bits per heavy atom. The summed E-state index contributed by atoms with van der Waals surface area (Å²) in [5.74, 6) is 0.842. The van der Waals surface area contributed by atoms with E-state index in [1.165, 1.54) is 5.56 Å². The summed E-state index contributed by atoms with van der Waals surface area (Å²) >= 11 is 0. The van der Waals surface area contributed by atoms with E-state index in [2.05, 4.69) is 65.8 Å². The average molecular weight is 446 g/mol. The Labute approximate surface area is 163 Å². The van der Waals surface area contributed by atoms with Gasteiger partial charge in [0.05, 0.1) is 6.04 Å². The van der Waals surface area contributed by atoms with Gasteiger partial charge in [-0.15, -0.1) is 24.0 Å². The number of guanidine groups is 1. The van der Waals surface area contributed by atoms with Crippen molar-refractivity contribution in [2.75, 3.05) is 40.9 Å². The van der Waals surface area contributed by atoms with Crippen molar-refractivity contribution in [1.82, 2.24) is 15.5 Å². The molecule has 1 heterocycles. The minimum Gasteiger partial charge on any atom is -0.381 e. The largest absolute Gasteiger partial charge is 0.381 e. The number of hydrogen-bond donors (Lipinski definition) is 2. The van der Waals surface area contributed by atoms with Gasteiger partial charge in [-0.25, -0.2) is 0 Å². The predicted octanol–water partition coefficient (Wildman–Crippen LogP) is 2.64. The van der Waals surface area contributed by atoms with Gasteiger partial charge in [-0.1, -0.05) is 30.3 Å². The van der Waals surface area contributed by atoms with E-state index in [1.807, 2.05) is 13.1 Å². The van der Waals surface area contributed by atoms with Crippen molar-refractivity contribution < 1.29 is 4.74 Å². The lowest BCUT2D eigenvalue weighted by Crippen LogP contribution is -2.57. The lowest BCUT2D eigenvalue weighted by Gasteiger charge is -2.43. The zero-order valence-corrected chi connectivity index (χ0v) is 17.5. The van der Waals surface area contributed by atoms with Gasteiger partial charge in [-0.3, -0.25) is 4.99 Å².